The molecule has 1 unspecified atom stereocenters. The predicted octanol–water partition coefficient (Wildman–Crippen LogP) is 0.792. The second-order valence-corrected chi connectivity index (χ2v) is 3.32. The van der Waals surface area contributed by atoms with Crippen LogP contribution in [-0.4, -0.2) is 19.7 Å². The Balaban J connectivity index is 2.32. The van der Waals surface area contributed by atoms with Crippen molar-refractivity contribution in [3.63, 3.8) is 0 Å². The second kappa shape index (κ2) is 3.26. The normalized spacial score (nSPS) is 20.5. The molecule has 3 N–H and O–H groups in total. The van der Waals surface area contributed by atoms with Crippen LogP contribution in [0.3, 0.4) is 0 Å². The van der Waals surface area contributed by atoms with E-state index in [1.807, 2.05) is 25.2 Å². The van der Waals surface area contributed by atoms with Gasteiger partial charge >= 0.3 is 0 Å². The van der Waals surface area contributed by atoms with E-state index in [9.17, 15) is 0 Å². The maximum Gasteiger partial charge on any atom is 0.124 e. The standard InChI is InChI=1S/C10H14N2O/c1-12-7-5-8-9(11)3-2-4-10(8)13-6-7/h2-4,7,12H,5-6,11H2,1H3. The molecule has 2 rings (SSSR count). The fourth-order valence-electron chi connectivity index (χ4n) is 1.62. The van der Waals surface area contributed by atoms with Crippen LogP contribution in [-0.2, 0) is 6.42 Å². The highest BCUT2D eigenvalue weighted by atomic mass is 16.5. The van der Waals surface area contributed by atoms with Gasteiger partial charge in [0.15, 0.2) is 0 Å². The van der Waals surface area contributed by atoms with E-state index in [4.69, 9.17) is 10.5 Å². The summed E-state index contributed by atoms with van der Waals surface area (Å²) in [4.78, 5) is 0. The number of hydrogen-bond acceptors (Lipinski definition) is 3. The Morgan fingerprint density at radius 1 is 1.54 bits per heavy atom. The lowest BCUT2D eigenvalue weighted by atomic mass is 10.0. The molecule has 1 heterocycles. The number of nitrogen functional groups attached to an aromatic ring is 1. The average molecular weight is 178 g/mol. The summed E-state index contributed by atoms with van der Waals surface area (Å²) in [6.45, 7) is 0.729. The minimum Gasteiger partial charge on any atom is -0.492 e. The number of benzene rings is 1. The first kappa shape index (κ1) is 8.38. The van der Waals surface area contributed by atoms with Gasteiger partial charge in [-0.3, -0.25) is 0 Å². The molecule has 0 saturated heterocycles. The summed E-state index contributed by atoms with van der Waals surface area (Å²) in [5.41, 5.74) is 7.81. The van der Waals surface area contributed by atoms with Crippen LogP contribution >= 0.6 is 0 Å². The number of hydrogen-bond donors (Lipinski definition) is 2. The number of rotatable bonds is 1. The fraction of sp³-hybridized carbons (Fsp3) is 0.400. The van der Waals surface area contributed by atoms with E-state index in [1.54, 1.807) is 0 Å². The Morgan fingerprint density at radius 3 is 3.15 bits per heavy atom. The minimum absolute atomic E-state index is 0.386. The van der Waals surface area contributed by atoms with Crippen molar-refractivity contribution in [2.45, 2.75) is 12.5 Å². The summed E-state index contributed by atoms with van der Waals surface area (Å²) >= 11 is 0. The third kappa shape index (κ3) is 1.47. The molecule has 1 aromatic carbocycles. The van der Waals surface area contributed by atoms with Crippen LogP contribution in [0.15, 0.2) is 18.2 Å². The maximum absolute atomic E-state index is 5.85. The van der Waals surface area contributed by atoms with Crippen molar-refractivity contribution in [2.24, 2.45) is 0 Å². The third-order valence-corrected chi connectivity index (χ3v) is 2.47. The quantitative estimate of drug-likeness (QED) is 0.625. The number of fused-ring (bicyclic) bond motifs is 1. The Kier molecular flexibility index (Phi) is 2.10. The summed E-state index contributed by atoms with van der Waals surface area (Å²) < 4.78 is 5.57. The summed E-state index contributed by atoms with van der Waals surface area (Å²) in [5.74, 6) is 0.937. The van der Waals surface area contributed by atoms with Gasteiger partial charge in [-0.05, 0) is 25.6 Å². The summed E-state index contributed by atoms with van der Waals surface area (Å²) in [7, 11) is 1.94. The first-order chi connectivity index (χ1) is 6.31. The van der Waals surface area contributed by atoms with Gasteiger partial charge in [-0.2, -0.15) is 0 Å². The zero-order chi connectivity index (χ0) is 9.26. The zero-order valence-electron chi connectivity index (χ0n) is 7.71. The van der Waals surface area contributed by atoms with E-state index < -0.39 is 0 Å². The third-order valence-electron chi connectivity index (χ3n) is 2.47. The number of ether oxygens (including phenoxy) is 1. The molecule has 3 heteroatoms. The van der Waals surface area contributed by atoms with Crippen molar-refractivity contribution >= 4 is 5.69 Å². The van der Waals surface area contributed by atoms with Crippen molar-refractivity contribution in [3.8, 4) is 5.75 Å². The molecule has 1 aromatic rings. The first-order valence-electron chi connectivity index (χ1n) is 4.48. The highest BCUT2D eigenvalue weighted by molar-refractivity contribution is 5.55. The van der Waals surface area contributed by atoms with Crippen molar-refractivity contribution in [1.29, 1.82) is 0 Å². The van der Waals surface area contributed by atoms with Crippen molar-refractivity contribution in [3.05, 3.63) is 23.8 Å². The molecule has 1 atom stereocenters. The molecule has 0 radical (unpaired) electrons. The van der Waals surface area contributed by atoms with E-state index in [0.29, 0.717) is 6.04 Å². The van der Waals surface area contributed by atoms with Gasteiger partial charge in [0.1, 0.15) is 12.4 Å². The predicted molar refractivity (Wildman–Crippen MR) is 52.9 cm³/mol. The van der Waals surface area contributed by atoms with Gasteiger partial charge < -0.3 is 15.8 Å². The fourth-order valence-corrected chi connectivity index (χ4v) is 1.62. The van der Waals surface area contributed by atoms with Crippen LogP contribution < -0.4 is 15.8 Å². The molecular weight excluding hydrogens is 164 g/mol. The van der Waals surface area contributed by atoms with Gasteiger partial charge in [-0.25, -0.2) is 0 Å². The minimum atomic E-state index is 0.386. The lowest BCUT2D eigenvalue weighted by Crippen LogP contribution is -2.37. The molecule has 13 heavy (non-hydrogen) atoms. The monoisotopic (exact) mass is 178 g/mol. The first-order valence-corrected chi connectivity index (χ1v) is 4.48. The molecule has 0 spiro atoms. The van der Waals surface area contributed by atoms with E-state index in [-0.39, 0.29) is 0 Å². The van der Waals surface area contributed by atoms with Gasteiger partial charge in [0.2, 0.25) is 0 Å². The van der Waals surface area contributed by atoms with Crippen molar-refractivity contribution < 1.29 is 4.74 Å². The molecule has 3 nitrogen and oxygen atoms in total. The Hall–Kier alpha value is -1.22. The molecule has 1 aliphatic heterocycles. The van der Waals surface area contributed by atoms with Crippen molar-refractivity contribution in [2.75, 3.05) is 19.4 Å². The Morgan fingerprint density at radius 2 is 2.38 bits per heavy atom. The van der Waals surface area contributed by atoms with E-state index >= 15 is 0 Å². The van der Waals surface area contributed by atoms with Gasteiger partial charge in [0.05, 0.1) is 0 Å². The van der Waals surface area contributed by atoms with Crippen LogP contribution in [0.2, 0.25) is 0 Å². The molecule has 0 saturated carbocycles. The van der Waals surface area contributed by atoms with Crippen LogP contribution in [0.5, 0.6) is 5.75 Å². The summed E-state index contributed by atoms with van der Waals surface area (Å²) in [5, 5.41) is 3.19. The number of nitrogens with two attached hydrogens (primary N) is 1. The van der Waals surface area contributed by atoms with Crippen LogP contribution in [0.1, 0.15) is 5.56 Å². The van der Waals surface area contributed by atoms with Gasteiger partial charge in [-0.1, -0.05) is 6.07 Å². The largest absolute Gasteiger partial charge is 0.492 e. The smallest absolute Gasteiger partial charge is 0.124 e. The molecular formula is C10H14N2O. The van der Waals surface area contributed by atoms with Crippen molar-refractivity contribution in [1.82, 2.24) is 5.32 Å². The van der Waals surface area contributed by atoms with Crippen LogP contribution in [0, 0.1) is 0 Å². The molecule has 0 aromatic heterocycles. The Bertz CT molecular complexity index is 312. The van der Waals surface area contributed by atoms with E-state index in [2.05, 4.69) is 5.32 Å². The molecule has 70 valence electrons. The molecule has 0 fully saturated rings. The van der Waals surface area contributed by atoms with Crippen LogP contribution in [0.25, 0.3) is 0 Å². The molecule has 0 bridgehead atoms. The SMILES string of the molecule is CNC1COc2cccc(N)c2C1. The maximum atomic E-state index is 5.85. The molecule has 1 aliphatic rings. The summed E-state index contributed by atoms with van der Waals surface area (Å²) in [6, 6.07) is 6.20. The number of nitrogens with one attached hydrogen (secondary N) is 1. The van der Waals surface area contributed by atoms with E-state index in [0.717, 1.165) is 30.0 Å². The Labute approximate surface area is 77.9 Å². The second-order valence-electron chi connectivity index (χ2n) is 3.32. The molecule has 0 aliphatic carbocycles. The lowest BCUT2D eigenvalue weighted by Gasteiger charge is -2.25. The van der Waals surface area contributed by atoms with Crippen LogP contribution in [0.4, 0.5) is 5.69 Å². The highest BCUT2D eigenvalue weighted by Crippen LogP contribution is 2.28. The van der Waals surface area contributed by atoms with Gasteiger partial charge in [0, 0.05) is 17.3 Å². The zero-order valence-corrected chi connectivity index (χ0v) is 7.71. The van der Waals surface area contributed by atoms with E-state index in [1.165, 1.54) is 0 Å². The topological polar surface area (TPSA) is 47.3 Å². The lowest BCUT2D eigenvalue weighted by molar-refractivity contribution is 0.246. The average Bonchev–Trinajstić information content (AvgIpc) is 2.18. The molecule has 0 amide bonds. The number of anilines is 1. The van der Waals surface area contributed by atoms with Gasteiger partial charge in [-0.15, -0.1) is 0 Å². The summed E-state index contributed by atoms with van der Waals surface area (Å²) in [6.07, 6.45) is 0.957. The highest BCUT2D eigenvalue weighted by Gasteiger charge is 2.19. The van der Waals surface area contributed by atoms with Gasteiger partial charge in [0.25, 0.3) is 0 Å². The number of likely N-dealkylation sites (N-methyl/N-ethyl adjacent to an activating group) is 1.